The van der Waals surface area contributed by atoms with Gasteiger partial charge in [-0.15, -0.1) is 0 Å². The van der Waals surface area contributed by atoms with E-state index in [0.29, 0.717) is 17.3 Å². The van der Waals surface area contributed by atoms with Crippen molar-refractivity contribution in [2.75, 3.05) is 5.73 Å². The summed E-state index contributed by atoms with van der Waals surface area (Å²) in [5.74, 6) is 1.06. The van der Waals surface area contributed by atoms with Gasteiger partial charge < -0.3 is 10.3 Å². The summed E-state index contributed by atoms with van der Waals surface area (Å²) in [4.78, 5) is 4.22. The molecular formula is C13H12F3N3O. The quantitative estimate of drug-likeness (QED) is 0.855. The predicted molar refractivity (Wildman–Crippen MR) is 65.7 cm³/mol. The van der Waals surface area contributed by atoms with Gasteiger partial charge in [0, 0.05) is 11.6 Å². The van der Waals surface area contributed by atoms with Crippen molar-refractivity contribution in [1.82, 2.24) is 10.1 Å². The molecule has 1 heterocycles. The molecule has 0 saturated heterocycles. The normalized spacial score (nSPS) is 16.1. The third kappa shape index (κ3) is 2.23. The fraction of sp³-hybridized carbons (Fsp3) is 0.385. The van der Waals surface area contributed by atoms with Crippen LogP contribution in [-0.2, 0) is 6.18 Å². The van der Waals surface area contributed by atoms with Crippen molar-refractivity contribution in [1.29, 1.82) is 0 Å². The maximum Gasteiger partial charge on any atom is 0.416 e. The van der Waals surface area contributed by atoms with Gasteiger partial charge in [-0.1, -0.05) is 11.6 Å². The molecule has 7 heteroatoms. The SMILES string of the molecule is Nc1cc(C(F)(F)F)ccc1-c1nc(C2CCC2)no1. The summed E-state index contributed by atoms with van der Waals surface area (Å²) in [7, 11) is 0. The number of hydrogen-bond acceptors (Lipinski definition) is 4. The summed E-state index contributed by atoms with van der Waals surface area (Å²) in [5, 5.41) is 3.86. The van der Waals surface area contributed by atoms with E-state index in [1.165, 1.54) is 6.07 Å². The number of hydrogen-bond donors (Lipinski definition) is 1. The summed E-state index contributed by atoms with van der Waals surface area (Å²) >= 11 is 0. The maximum atomic E-state index is 12.6. The monoisotopic (exact) mass is 283 g/mol. The molecule has 20 heavy (non-hydrogen) atoms. The molecule has 2 aromatic rings. The molecule has 0 bridgehead atoms. The first-order valence-corrected chi connectivity index (χ1v) is 6.26. The highest BCUT2D eigenvalue weighted by Gasteiger charge is 2.31. The molecule has 2 N–H and O–H groups in total. The van der Waals surface area contributed by atoms with Crippen molar-refractivity contribution >= 4 is 5.69 Å². The van der Waals surface area contributed by atoms with Crippen LogP contribution in [0.25, 0.3) is 11.5 Å². The molecule has 0 aliphatic heterocycles. The number of nitrogens with two attached hydrogens (primary N) is 1. The van der Waals surface area contributed by atoms with E-state index in [9.17, 15) is 13.2 Å². The first-order chi connectivity index (χ1) is 9.45. The van der Waals surface area contributed by atoms with E-state index in [4.69, 9.17) is 10.3 Å². The van der Waals surface area contributed by atoms with Crippen LogP contribution in [0, 0.1) is 0 Å². The topological polar surface area (TPSA) is 64.9 Å². The van der Waals surface area contributed by atoms with Crippen LogP contribution < -0.4 is 5.73 Å². The second kappa shape index (κ2) is 4.50. The first kappa shape index (κ1) is 13.0. The molecule has 106 valence electrons. The zero-order chi connectivity index (χ0) is 14.3. The molecule has 0 radical (unpaired) electrons. The minimum Gasteiger partial charge on any atom is -0.398 e. The molecule has 0 unspecified atom stereocenters. The lowest BCUT2D eigenvalue weighted by atomic mass is 9.85. The van der Waals surface area contributed by atoms with Gasteiger partial charge in [-0.2, -0.15) is 18.2 Å². The Morgan fingerprint density at radius 2 is 2.00 bits per heavy atom. The Bertz CT molecular complexity index is 632. The third-order valence-electron chi connectivity index (χ3n) is 3.52. The van der Waals surface area contributed by atoms with E-state index in [-0.39, 0.29) is 11.6 Å². The van der Waals surface area contributed by atoms with E-state index in [1.807, 2.05) is 0 Å². The first-order valence-electron chi connectivity index (χ1n) is 6.26. The Morgan fingerprint density at radius 1 is 1.25 bits per heavy atom. The van der Waals surface area contributed by atoms with Crippen molar-refractivity contribution < 1.29 is 17.7 Å². The lowest BCUT2D eigenvalue weighted by molar-refractivity contribution is -0.137. The lowest BCUT2D eigenvalue weighted by Crippen LogP contribution is -2.10. The van der Waals surface area contributed by atoms with Crippen LogP contribution in [-0.4, -0.2) is 10.1 Å². The summed E-state index contributed by atoms with van der Waals surface area (Å²) in [6.07, 6.45) is -1.25. The van der Waals surface area contributed by atoms with E-state index in [2.05, 4.69) is 10.1 Å². The Balaban J connectivity index is 1.92. The zero-order valence-corrected chi connectivity index (χ0v) is 10.4. The number of anilines is 1. The van der Waals surface area contributed by atoms with Crippen molar-refractivity contribution in [2.45, 2.75) is 31.4 Å². The van der Waals surface area contributed by atoms with Gasteiger partial charge >= 0.3 is 6.18 Å². The highest BCUT2D eigenvalue weighted by atomic mass is 19.4. The fourth-order valence-corrected chi connectivity index (χ4v) is 2.11. The molecule has 1 saturated carbocycles. The number of nitrogen functional groups attached to an aromatic ring is 1. The molecule has 1 aliphatic rings. The number of alkyl halides is 3. The Labute approximate surface area is 112 Å². The van der Waals surface area contributed by atoms with E-state index >= 15 is 0 Å². The van der Waals surface area contributed by atoms with Gasteiger partial charge in [0.25, 0.3) is 5.89 Å². The average molecular weight is 283 g/mol. The summed E-state index contributed by atoms with van der Waals surface area (Å²) in [5.41, 5.74) is 5.17. The molecule has 1 fully saturated rings. The van der Waals surface area contributed by atoms with Gasteiger partial charge in [0.15, 0.2) is 5.82 Å². The molecule has 1 aromatic heterocycles. The second-order valence-corrected chi connectivity index (χ2v) is 4.89. The van der Waals surface area contributed by atoms with Gasteiger partial charge in [0.1, 0.15) is 0 Å². The van der Waals surface area contributed by atoms with Crippen molar-refractivity contribution in [3.8, 4) is 11.5 Å². The molecule has 1 aliphatic carbocycles. The average Bonchev–Trinajstić information content (AvgIpc) is 2.74. The number of benzene rings is 1. The van der Waals surface area contributed by atoms with Crippen LogP contribution in [0.3, 0.4) is 0 Å². The highest BCUT2D eigenvalue weighted by Crippen LogP contribution is 2.37. The predicted octanol–water partition coefficient (Wildman–Crippen LogP) is 3.61. The number of aromatic nitrogens is 2. The molecule has 0 spiro atoms. The lowest BCUT2D eigenvalue weighted by Gasteiger charge is -2.20. The van der Waals surface area contributed by atoms with Crippen LogP contribution in [0.15, 0.2) is 22.7 Å². The standard InChI is InChI=1S/C13H12F3N3O/c14-13(15,16)8-4-5-9(10(17)6-8)12-18-11(19-20-12)7-2-1-3-7/h4-7H,1-3,17H2. The van der Waals surface area contributed by atoms with Gasteiger partial charge in [0.2, 0.25) is 0 Å². The van der Waals surface area contributed by atoms with Gasteiger partial charge in [-0.25, -0.2) is 0 Å². The van der Waals surface area contributed by atoms with Crippen LogP contribution in [0.1, 0.15) is 36.6 Å². The number of nitrogens with zero attached hydrogens (tertiary/aromatic N) is 2. The molecule has 0 amide bonds. The minimum absolute atomic E-state index is 0.0244. The smallest absolute Gasteiger partial charge is 0.398 e. The van der Waals surface area contributed by atoms with Gasteiger partial charge in [-0.3, -0.25) is 0 Å². The third-order valence-corrected chi connectivity index (χ3v) is 3.52. The van der Waals surface area contributed by atoms with Crippen LogP contribution in [0.4, 0.5) is 18.9 Å². The second-order valence-electron chi connectivity index (χ2n) is 4.89. The Kier molecular flexibility index (Phi) is 2.92. The number of rotatable bonds is 2. The highest BCUT2D eigenvalue weighted by molar-refractivity contribution is 5.71. The van der Waals surface area contributed by atoms with Crippen molar-refractivity contribution in [2.24, 2.45) is 0 Å². The van der Waals surface area contributed by atoms with Gasteiger partial charge in [0.05, 0.1) is 11.1 Å². The largest absolute Gasteiger partial charge is 0.416 e. The molecule has 1 aromatic carbocycles. The summed E-state index contributed by atoms with van der Waals surface area (Å²) in [6.45, 7) is 0. The van der Waals surface area contributed by atoms with E-state index in [0.717, 1.165) is 31.4 Å². The molecular weight excluding hydrogens is 271 g/mol. The van der Waals surface area contributed by atoms with Crippen LogP contribution >= 0.6 is 0 Å². The van der Waals surface area contributed by atoms with E-state index < -0.39 is 11.7 Å². The molecule has 4 nitrogen and oxygen atoms in total. The number of halogens is 3. The molecule has 3 rings (SSSR count). The summed E-state index contributed by atoms with van der Waals surface area (Å²) in [6, 6.07) is 3.09. The fourth-order valence-electron chi connectivity index (χ4n) is 2.11. The molecule has 0 atom stereocenters. The van der Waals surface area contributed by atoms with Crippen LogP contribution in [0.5, 0.6) is 0 Å². The van der Waals surface area contributed by atoms with Crippen molar-refractivity contribution in [3.05, 3.63) is 29.6 Å². The maximum absolute atomic E-state index is 12.6. The zero-order valence-electron chi connectivity index (χ0n) is 10.4. The summed E-state index contributed by atoms with van der Waals surface area (Å²) < 4.78 is 42.8. The van der Waals surface area contributed by atoms with Crippen LogP contribution in [0.2, 0.25) is 0 Å². The Morgan fingerprint density at radius 3 is 2.55 bits per heavy atom. The van der Waals surface area contributed by atoms with Gasteiger partial charge in [-0.05, 0) is 31.0 Å². The Hall–Kier alpha value is -2.05. The minimum atomic E-state index is -4.42. The van der Waals surface area contributed by atoms with Crippen molar-refractivity contribution in [3.63, 3.8) is 0 Å². The van der Waals surface area contributed by atoms with E-state index in [1.54, 1.807) is 0 Å².